The topological polar surface area (TPSA) is 3.24 Å². The zero-order valence-corrected chi connectivity index (χ0v) is 8.33. The van der Waals surface area contributed by atoms with Crippen LogP contribution in [0.3, 0.4) is 0 Å². The maximum Gasteiger partial charge on any atom is 0.0514 e. The Hall–Kier alpha value is -0.980. The molecule has 1 aliphatic rings. The van der Waals surface area contributed by atoms with Gasteiger partial charge in [0.15, 0.2) is 0 Å². The smallest absolute Gasteiger partial charge is 0.0514 e. The fraction of sp³-hybridized carbons (Fsp3) is 0.455. The van der Waals surface area contributed by atoms with Crippen molar-refractivity contribution in [2.24, 2.45) is 0 Å². The molecule has 0 fully saturated rings. The third kappa shape index (κ3) is 1.60. The van der Waals surface area contributed by atoms with E-state index in [0.717, 1.165) is 0 Å². The van der Waals surface area contributed by atoms with Gasteiger partial charge in [-0.15, -0.1) is 0 Å². The molecule has 1 unspecified atom stereocenters. The van der Waals surface area contributed by atoms with Gasteiger partial charge in [0.1, 0.15) is 0 Å². The minimum absolute atomic E-state index is 0.506. The molecule has 0 spiro atoms. The molecule has 1 nitrogen and oxygen atoms in total. The zero-order valence-electron chi connectivity index (χ0n) is 8.33. The second kappa shape index (κ2) is 3.61. The van der Waals surface area contributed by atoms with E-state index in [-0.39, 0.29) is 0 Å². The van der Waals surface area contributed by atoms with Gasteiger partial charge in [-0.2, -0.15) is 0 Å². The van der Waals surface area contributed by atoms with E-state index >= 15 is 0 Å². The van der Waals surface area contributed by atoms with Gasteiger partial charge in [0, 0.05) is 11.9 Å². The number of hydrogen-bond acceptors (Lipinski definition) is 1. The predicted molar refractivity (Wildman–Crippen MR) is 53.6 cm³/mol. The Labute approximate surface area is 75.1 Å². The first kappa shape index (κ1) is 9.11. The predicted octanol–water partition coefficient (Wildman–Crippen LogP) is 3.07. The molecule has 0 aromatic carbocycles. The number of nitrogens with zero attached hydrogens (tertiary/aromatic N) is 1. The molecule has 1 rings (SSSR count). The Morgan fingerprint density at radius 1 is 1.58 bits per heavy atom. The van der Waals surface area contributed by atoms with Crippen molar-refractivity contribution in [3.05, 3.63) is 35.7 Å². The van der Waals surface area contributed by atoms with Crippen LogP contribution in [0.5, 0.6) is 0 Å². The molecular formula is C11H17N. The van der Waals surface area contributed by atoms with Crippen molar-refractivity contribution < 1.29 is 0 Å². The van der Waals surface area contributed by atoms with E-state index in [9.17, 15) is 0 Å². The minimum atomic E-state index is 0.506. The summed E-state index contributed by atoms with van der Waals surface area (Å²) in [6, 6.07) is 0.506. The highest BCUT2D eigenvalue weighted by Gasteiger charge is 2.14. The summed E-state index contributed by atoms with van der Waals surface area (Å²) in [5, 5.41) is 0. The first-order chi connectivity index (χ1) is 5.66. The van der Waals surface area contributed by atoms with Gasteiger partial charge in [-0.3, -0.25) is 0 Å². The lowest BCUT2D eigenvalue weighted by atomic mass is 10.1. The molecule has 0 bridgehead atoms. The SMILES string of the molecule is C/C=C(/C)N1C=CC=C(C)C1C. The second-order valence-electron chi connectivity index (χ2n) is 3.27. The van der Waals surface area contributed by atoms with E-state index in [2.05, 4.69) is 57.0 Å². The molecule has 12 heavy (non-hydrogen) atoms. The molecule has 1 aliphatic heterocycles. The van der Waals surface area contributed by atoms with E-state index in [1.807, 2.05) is 0 Å². The summed E-state index contributed by atoms with van der Waals surface area (Å²) in [5.74, 6) is 0. The molecule has 0 saturated carbocycles. The quantitative estimate of drug-likeness (QED) is 0.574. The van der Waals surface area contributed by atoms with E-state index in [1.165, 1.54) is 11.3 Å². The molecule has 0 N–H and O–H groups in total. The van der Waals surface area contributed by atoms with Crippen molar-refractivity contribution >= 4 is 0 Å². The van der Waals surface area contributed by atoms with Crippen LogP contribution in [0, 0.1) is 0 Å². The van der Waals surface area contributed by atoms with Gasteiger partial charge in [0.05, 0.1) is 6.04 Å². The van der Waals surface area contributed by atoms with Crippen LogP contribution >= 0.6 is 0 Å². The van der Waals surface area contributed by atoms with Gasteiger partial charge in [-0.05, 0) is 33.8 Å². The van der Waals surface area contributed by atoms with E-state index in [0.29, 0.717) is 6.04 Å². The molecule has 0 aromatic rings. The van der Waals surface area contributed by atoms with Crippen molar-refractivity contribution in [3.63, 3.8) is 0 Å². The van der Waals surface area contributed by atoms with Gasteiger partial charge < -0.3 is 4.90 Å². The molecule has 0 aromatic heterocycles. The minimum Gasteiger partial charge on any atom is -0.345 e. The van der Waals surface area contributed by atoms with Crippen LogP contribution in [0.1, 0.15) is 27.7 Å². The molecule has 0 saturated heterocycles. The highest BCUT2D eigenvalue weighted by molar-refractivity contribution is 5.24. The molecule has 0 radical (unpaired) electrons. The zero-order chi connectivity index (χ0) is 9.14. The van der Waals surface area contributed by atoms with E-state index in [1.54, 1.807) is 0 Å². The van der Waals surface area contributed by atoms with Crippen molar-refractivity contribution in [3.8, 4) is 0 Å². The van der Waals surface area contributed by atoms with Gasteiger partial charge in [0.2, 0.25) is 0 Å². The van der Waals surface area contributed by atoms with Gasteiger partial charge >= 0.3 is 0 Å². The maximum absolute atomic E-state index is 2.29. The van der Waals surface area contributed by atoms with Crippen LogP contribution < -0.4 is 0 Å². The lowest BCUT2D eigenvalue weighted by Crippen LogP contribution is -2.28. The normalized spacial score (nSPS) is 24.3. The molecule has 1 heteroatoms. The second-order valence-corrected chi connectivity index (χ2v) is 3.27. The Morgan fingerprint density at radius 3 is 2.83 bits per heavy atom. The third-order valence-electron chi connectivity index (χ3n) is 2.51. The molecule has 0 amide bonds. The Morgan fingerprint density at radius 2 is 2.25 bits per heavy atom. The number of hydrogen-bond donors (Lipinski definition) is 0. The van der Waals surface area contributed by atoms with Crippen LogP contribution in [-0.2, 0) is 0 Å². The lowest BCUT2D eigenvalue weighted by molar-refractivity contribution is 0.395. The van der Waals surface area contributed by atoms with Crippen molar-refractivity contribution in [2.45, 2.75) is 33.7 Å². The molecular weight excluding hydrogens is 146 g/mol. The summed E-state index contributed by atoms with van der Waals surface area (Å²) in [4.78, 5) is 2.29. The summed E-state index contributed by atoms with van der Waals surface area (Å²) >= 11 is 0. The van der Waals surface area contributed by atoms with E-state index < -0.39 is 0 Å². The Kier molecular flexibility index (Phi) is 2.74. The monoisotopic (exact) mass is 163 g/mol. The lowest BCUT2D eigenvalue weighted by Gasteiger charge is -2.31. The average molecular weight is 163 g/mol. The van der Waals surface area contributed by atoms with Gasteiger partial charge in [-0.25, -0.2) is 0 Å². The highest BCUT2D eigenvalue weighted by atomic mass is 15.1. The highest BCUT2D eigenvalue weighted by Crippen LogP contribution is 2.19. The van der Waals surface area contributed by atoms with Crippen molar-refractivity contribution in [2.75, 3.05) is 0 Å². The summed E-state index contributed by atoms with van der Waals surface area (Å²) in [6.07, 6.45) is 8.54. The standard InChI is InChI=1S/C11H17N/c1-5-10(3)12-8-6-7-9(2)11(12)4/h5-8,11H,1-4H3/b10-5-. The summed E-state index contributed by atoms with van der Waals surface area (Å²) in [6.45, 7) is 8.61. The van der Waals surface area contributed by atoms with Gasteiger partial charge in [-0.1, -0.05) is 17.7 Å². The fourth-order valence-electron chi connectivity index (χ4n) is 1.35. The van der Waals surface area contributed by atoms with Crippen molar-refractivity contribution in [1.82, 2.24) is 4.90 Å². The van der Waals surface area contributed by atoms with Crippen LogP contribution in [0.4, 0.5) is 0 Å². The largest absolute Gasteiger partial charge is 0.345 e. The first-order valence-electron chi connectivity index (χ1n) is 4.43. The average Bonchev–Trinajstić information content (AvgIpc) is 2.08. The molecule has 1 atom stereocenters. The van der Waals surface area contributed by atoms with Crippen LogP contribution in [0.2, 0.25) is 0 Å². The maximum atomic E-state index is 2.29. The van der Waals surface area contributed by atoms with Crippen LogP contribution in [-0.4, -0.2) is 10.9 Å². The van der Waals surface area contributed by atoms with Gasteiger partial charge in [0.25, 0.3) is 0 Å². The summed E-state index contributed by atoms with van der Waals surface area (Å²) in [7, 11) is 0. The first-order valence-corrected chi connectivity index (χ1v) is 4.43. The van der Waals surface area contributed by atoms with Crippen LogP contribution in [0.25, 0.3) is 0 Å². The fourth-order valence-corrected chi connectivity index (χ4v) is 1.35. The molecule has 0 aliphatic carbocycles. The Balaban J connectivity index is 2.83. The summed E-state index contributed by atoms with van der Waals surface area (Å²) in [5.41, 5.74) is 2.73. The van der Waals surface area contributed by atoms with E-state index in [4.69, 9.17) is 0 Å². The van der Waals surface area contributed by atoms with Crippen LogP contribution in [0.15, 0.2) is 35.7 Å². The molecule has 66 valence electrons. The Bertz CT molecular complexity index is 246. The number of allylic oxidation sites excluding steroid dienone is 4. The summed E-state index contributed by atoms with van der Waals surface area (Å²) < 4.78 is 0. The molecule has 1 heterocycles. The van der Waals surface area contributed by atoms with Crippen molar-refractivity contribution in [1.29, 1.82) is 0 Å². The number of rotatable bonds is 1. The third-order valence-corrected chi connectivity index (χ3v) is 2.51.